The van der Waals surface area contributed by atoms with E-state index in [1.165, 1.54) is 50.5 Å². The van der Waals surface area contributed by atoms with Gasteiger partial charge in [0.2, 0.25) is 0 Å². The summed E-state index contributed by atoms with van der Waals surface area (Å²) in [7, 11) is 0. The fourth-order valence-electron chi connectivity index (χ4n) is 5.60. The molecule has 0 heterocycles. The summed E-state index contributed by atoms with van der Waals surface area (Å²) in [6.45, 7) is 0. The summed E-state index contributed by atoms with van der Waals surface area (Å²) in [6, 6.07) is 0. The van der Waals surface area contributed by atoms with E-state index in [2.05, 4.69) is 0 Å². The van der Waals surface area contributed by atoms with Gasteiger partial charge in [0.1, 0.15) is 0 Å². The summed E-state index contributed by atoms with van der Waals surface area (Å²) >= 11 is 0. The van der Waals surface area contributed by atoms with Crippen LogP contribution in [0.15, 0.2) is 11.6 Å². The Bertz CT molecular complexity index is 391. The highest BCUT2D eigenvalue weighted by molar-refractivity contribution is 5.80. The largest absolute Gasteiger partial charge is 0.478 e. The van der Waals surface area contributed by atoms with Crippen LogP contribution >= 0.6 is 0 Å². The highest BCUT2D eigenvalue weighted by Gasteiger charge is 2.48. The number of carbonyl (C=O) groups is 1. The Labute approximate surface area is 115 Å². The van der Waals surface area contributed by atoms with E-state index in [9.17, 15) is 4.79 Å². The van der Waals surface area contributed by atoms with Gasteiger partial charge in [-0.25, -0.2) is 4.79 Å². The van der Waals surface area contributed by atoms with Gasteiger partial charge in [-0.15, -0.1) is 0 Å². The molecule has 19 heavy (non-hydrogen) atoms. The van der Waals surface area contributed by atoms with E-state index in [0.717, 1.165) is 36.0 Å². The van der Waals surface area contributed by atoms with E-state index in [1.54, 1.807) is 6.08 Å². The lowest BCUT2D eigenvalue weighted by Gasteiger charge is -2.54. The lowest BCUT2D eigenvalue weighted by atomic mass is 9.51. The Morgan fingerprint density at radius 1 is 1.00 bits per heavy atom. The molecule has 0 amide bonds. The third-order valence-corrected chi connectivity index (χ3v) is 6.30. The molecule has 2 heteroatoms. The quantitative estimate of drug-likeness (QED) is 0.779. The molecule has 104 valence electrons. The predicted octanol–water partition coefficient (Wildman–Crippen LogP) is 3.87. The maximum Gasteiger partial charge on any atom is 0.328 e. The molecule has 0 unspecified atom stereocenters. The molecule has 5 saturated carbocycles. The van der Waals surface area contributed by atoms with Crippen LogP contribution in [0.4, 0.5) is 0 Å². The predicted molar refractivity (Wildman–Crippen MR) is 73.6 cm³/mol. The Morgan fingerprint density at radius 2 is 1.58 bits per heavy atom. The molecule has 0 saturated heterocycles. The summed E-state index contributed by atoms with van der Waals surface area (Å²) in [5, 5.41) is 9.07. The lowest BCUT2D eigenvalue weighted by molar-refractivity contribution is -0.131. The van der Waals surface area contributed by atoms with Gasteiger partial charge in [0, 0.05) is 6.08 Å². The summed E-state index contributed by atoms with van der Waals surface area (Å²) in [5.41, 5.74) is 1.27. The fourth-order valence-corrected chi connectivity index (χ4v) is 5.60. The first-order valence-electron chi connectivity index (χ1n) is 8.12. The normalized spacial score (nSPS) is 44.6. The molecular weight excluding hydrogens is 236 g/mol. The number of allylic oxidation sites excluding steroid dienone is 1. The van der Waals surface area contributed by atoms with E-state index in [1.807, 2.05) is 0 Å². The number of carboxylic acid groups (broad SMARTS) is 1. The molecule has 4 bridgehead atoms. The zero-order valence-corrected chi connectivity index (χ0v) is 11.6. The van der Waals surface area contributed by atoms with Crippen molar-refractivity contribution in [3.8, 4) is 0 Å². The van der Waals surface area contributed by atoms with Gasteiger partial charge in [-0.05, 0) is 86.9 Å². The molecule has 2 nitrogen and oxygen atoms in total. The highest BCUT2D eigenvalue weighted by atomic mass is 16.4. The van der Waals surface area contributed by atoms with Gasteiger partial charge in [0.25, 0.3) is 0 Å². The zero-order valence-electron chi connectivity index (χ0n) is 11.6. The van der Waals surface area contributed by atoms with E-state index in [4.69, 9.17) is 5.11 Å². The van der Waals surface area contributed by atoms with Crippen LogP contribution < -0.4 is 0 Å². The SMILES string of the molecule is O=C(O)/C=C(/CC1C2CC3CC(C2)CC1C3)C1CC1. The molecule has 0 aromatic heterocycles. The highest BCUT2D eigenvalue weighted by Crippen LogP contribution is 2.58. The summed E-state index contributed by atoms with van der Waals surface area (Å²) in [4.78, 5) is 11.0. The van der Waals surface area contributed by atoms with Crippen molar-refractivity contribution >= 4 is 5.97 Å². The monoisotopic (exact) mass is 260 g/mol. The van der Waals surface area contributed by atoms with Gasteiger partial charge < -0.3 is 5.11 Å². The molecule has 5 rings (SSSR count). The molecule has 5 fully saturated rings. The van der Waals surface area contributed by atoms with E-state index in [-0.39, 0.29) is 0 Å². The number of aliphatic carboxylic acids is 1. The van der Waals surface area contributed by atoms with Crippen molar-refractivity contribution in [2.45, 2.75) is 51.4 Å². The summed E-state index contributed by atoms with van der Waals surface area (Å²) in [5.74, 6) is 4.59. The minimum absolute atomic E-state index is 0.619. The van der Waals surface area contributed by atoms with Gasteiger partial charge in [0.15, 0.2) is 0 Å². The first-order valence-corrected chi connectivity index (χ1v) is 8.12. The molecule has 0 atom stereocenters. The maximum absolute atomic E-state index is 11.0. The van der Waals surface area contributed by atoms with Gasteiger partial charge in [0.05, 0.1) is 0 Å². The molecular formula is C17H24O2. The Balaban J connectivity index is 1.51. The van der Waals surface area contributed by atoms with Gasteiger partial charge in [-0.2, -0.15) is 0 Å². The Hall–Kier alpha value is -0.790. The summed E-state index contributed by atoms with van der Waals surface area (Å²) < 4.78 is 0. The summed E-state index contributed by atoms with van der Waals surface area (Å²) in [6.07, 6.45) is 12.4. The lowest BCUT2D eigenvalue weighted by Crippen LogP contribution is -2.45. The van der Waals surface area contributed by atoms with E-state index >= 15 is 0 Å². The fraction of sp³-hybridized carbons (Fsp3) is 0.824. The van der Waals surface area contributed by atoms with Crippen molar-refractivity contribution in [2.75, 3.05) is 0 Å². The molecule has 0 aromatic carbocycles. The van der Waals surface area contributed by atoms with Crippen molar-refractivity contribution < 1.29 is 9.90 Å². The minimum Gasteiger partial charge on any atom is -0.478 e. The number of rotatable bonds is 4. The first kappa shape index (κ1) is 12.0. The van der Waals surface area contributed by atoms with Crippen LogP contribution in [0.1, 0.15) is 51.4 Å². The van der Waals surface area contributed by atoms with E-state index in [0.29, 0.717) is 5.92 Å². The topological polar surface area (TPSA) is 37.3 Å². The molecule has 0 aromatic rings. The van der Waals surface area contributed by atoms with Crippen LogP contribution in [-0.2, 0) is 4.79 Å². The van der Waals surface area contributed by atoms with Gasteiger partial charge >= 0.3 is 5.97 Å². The molecule has 0 aliphatic heterocycles. The maximum atomic E-state index is 11.0. The number of hydrogen-bond donors (Lipinski definition) is 1. The third kappa shape index (κ3) is 2.23. The molecule has 0 spiro atoms. The van der Waals surface area contributed by atoms with E-state index < -0.39 is 5.97 Å². The van der Waals surface area contributed by atoms with Crippen molar-refractivity contribution in [3.63, 3.8) is 0 Å². The van der Waals surface area contributed by atoms with Crippen molar-refractivity contribution in [1.82, 2.24) is 0 Å². The second kappa shape index (κ2) is 4.36. The molecule has 0 radical (unpaired) electrons. The van der Waals surface area contributed by atoms with Crippen LogP contribution in [0.5, 0.6) is 0 Å². The van der Waals surface area contributed by atoms with Crippen LogP contribution in [0, 0.1) is 35.5 Å². The molecule has 5 aliphatic rings. The van der Waals surface area contributed by atoms with Crippen LogP contribution in [-0.4, -0.2) is 11.1 Å². The van der Waals surface area contributed by atoms with Gasteiger partial charge in [-0.3, -0.25) is 0 Å². The molecule has 1 N–H and O–H groups in total. The van der Waals surface area contributed by atoms with Crippen molar-refractivity contribution in [2.24, 2.45) is 35.5 Å². The Morgan fingerprint density at radius 3 is 2.05 bits per heavy atom. The minimum atomic E-state index is -0.731. The van der Waals surface area contributed by atoms with Crippen molar-refractivity contribution in [1.29, 1.82) is 0 Å². The standard InChI is InChI=1S/C17H24O2/c18-17(19)9-13(12-1-2-12)8-16-14-4-10-3-11(6-14)7-15(16)5-10/h9-12,14-16H,1-8H2,(H,18,19)/b13-9-. The van der Waals surface area contributed by atoms with Crippen LogP contribution in [0.3, 0.4) is 0 Å². The number of carboxylic acids is 1. The second-order valence-corrected chi connectivity index (χ2v) is 7.63. The zero-order chi connectivity index (χ0) is 13.0. The first-order chi connectivity index (χ1) is 9.19. The number of hydrogen-bond acceptors (Lipinski definition) is 1. The average Bonchev–Trinajstić information content (AvgIpc) is 3.14. The third-order valence-electron chi connectivity index (χ3n) is 6.30. The Kier molecular flexibility index (Phi) is 2.75. The molecule has 5 aliphatic carbocycles. The van der Waals surface area contributed by atoms with Crippen molar-refractivity contribution in [3.05, 3.63) is 11.6 Å². The van der Waals surface area contributed by atoms with Crippen LogP contribution in [0.25, 0.3) is 0 Å². The smallest absolute Gasteiger partial charge is 0.328 e. The van der Waals surface area contributed by atoms with Gasteiger partial charge in [-0.1, -0.05) is 5.57 Å². The second-order valence-electron chi connectivity index (χ2n) is 7.63. The average molecular weight is 260 g/mol. The van der Waals surface area contributed by atoms with Crippen LogP contribution in [0.2, 0.25) is 0 Å².